The number of rotatable bonds is 4. The van der Waals surface area contributed by atoms with E-state index in [2.05, 4.69) is 0 Å². The molecule has 0 aromatic heterocycles. The molecule has 4 aromatic rings. The zero-order valence-electron chi connectivity index (χ0n) is 16.4. The van der Waals surface area contributed by atoms with Crippen LogP contribution in [0.15, 0.2) is 72.8 Å². The summed E-state index contributed by atoms with van der Waals surface area (Å²) in [5, 5.41) is 37.8. The van der Waals surface area contributed by atoms with Gasteiger partial charge >= 0.3 is 23.9 Å². The van der Waals surface area contributed by atoms with Gasteiger partial charge in [0.1, 0.15) is 0 Å². The van der Waals surface area contributed by atoms with E-state index in [9.17, 15) is 19.2 Å². The van der Waals surface area contributed by atoms with Crippen LogP contribution in [0.3, 0.4) is 0 Å². The number of carboxylic acid groups (broad SMARTS) is 4. The van der Waals surface area contributed by atoms with E-state index in [1.807, 2.05) is 0 Å². The van der Waals surface area contributed by atoms with Crippen LogP contribution in [0.4, 0.5) is 0 Å². The zero-order valence-corrected chi connectivity index (χ0v) is 16.4. The summed E-state index contributed by atoms with van der Waals surface area (Å²) in [4.78, 5) is 43.4. The molecule has 0 atom stereocenters. The largest absolute Gasteiger partial charge is 0.478 e. The minimum Gasteiger partial charge on any atom is -0.478 e. The molecule has 0 aliphatic heterocycles. The molecule has 4 aromatic carbocycles. The summed E-state index contributed by atoms with van der Waals surface area (Å²) in [6.45, 7) is 0. The normalized spacial score (nSPS) is 10.2. The van der Waals surface area contributed by atoms with Crippen molar-refractivity contribution < 1.29 is 39.6 Å². The lowest BCUT2D eigenvalue weighted by Crippen LogP contribution is -2.00. The van der Waals surface area contributed by atoms with Crippen LogP contribution in [0, 0.1) is 0 Å². The number of fused-ring (bicyclic) bond motifs is 2. The van der Waals surface area contributed by atoms with Crippen molar-refractivity contribution in [3.8, 4) is 0 Å². The Kier molecular flexibility index (Phi) is 6.16. The molecule has 8 nitrogen and oxygen atoms in total. The predicted octanol–water partition coefficient (Wildman–Crippen LogP) is 4.47. The van der Waals surface area contributed by atoms with Gasteiger partial charge < -0.3 is 20.4 Å². The van der Waals surface area contributed by atoms with Crippen molar-refractivity contribution in [3.63, 3.8) is 0 Å². The van der Waals surface area contributed by atoms with Crippen LogP contribution in [-0.2, 0) is 0 Å². The molecule has 0 radical (unpaired) electrons. The monoisotopic (exact) mass is 432 g/mol. The molecule has 8 heteroatoms. The van der Waals surface area contributed by atoms with E-state index in [1.165, 1.54) is 42.5 Å². The molecule has 160 valence electrons. The fourth-order valence-electron chi connectivity index (χ4n) is 3.20. The first-order chi connectivity index (χ1) is 15.2. The van der Waals surface area contributed by atoms with E-state index < -0.39 is 23.9 Å². The Labute approximate surface area is 180 Å². The maximum Gasteiger partial charge on any atom is 0.336 e. The second-order valence-corrected chi connectivity index (χ2v) is 6.70. The molecule has 0 unspecified atom stereocenters. The van der Waals surface area contributed by atoms with Crippen molar-refractivity contribution in [2.75, 3.05) is 0 Å². The number of hydrogen-bond donors (Lipinski definition) is 4. The highest BCUT2D eigenvalue weighted by Gasteiger charge is 2.11. The molecule has 0 spiro atoms. The Morgan fingerprint density at radius 3 is 1.53 bits per heavy atom. The van der Waals surface area contributed by atoms with Gasteiger partial charge in [-0.25, -0.2) is 19.2 Å². The lowest BCUT2D eigenvalue weighted by Gasteiger charge is -2.03. The van der Waals surface area contributed by atoms with Crippen molar-refractivity contribution in [2.45, 2.75) is 0 Å². The Morgan fingerprint density at radius 2 is 0.969 bits per heavy atom. The van der Waals surface area contributed by atoms with Crippen LogP contribution < -0.4 is 0 Å². The molecule has 32 heavy (non-hydrogen) atoms. The number of hydrogen-bond acceptors (Lipinski definition) is 4. The Balaban J connectivity index is 0.000000181. The van der Waals surface area contributed by atoms with Crippen molar-refractivity contribution in [1.82, 2.24) is 0 Å². The topological polar surface area (TPSA) is 149 Å². The van der Waals surface area contributed by atoms with Gasteiger partial charge in [-0.05, 0) is 57.9 Å². The predicted molar refractivity (Wildman–Crippen MR) is 116 cm³/mol. The fourth-order valence-corrected chi connectivity index (χ4v) is 3.20. The van der Waals surface area contributed by atoms with Crippen LogP contribution in [-0.4, -0.2) is 44.3 Å². The second kappa shape index (κ2) is 8.97. The first-order valence-corrected chi connectivity index (χ1v) is 9.18. The van der Waals surface area contributed by atoms with Gasteiger partial charge in [-0.15, -0.1) is 0 Å². The minimum absolute atomic E-state index is 0.0844. The van der Waals surface area contributed by atoms with Gasteiger partial charge in [0.2, 0.25) is 0 Å². The second-order valence-electron chi connectivity index (χ2n) is 6.70. The summed E-state index contributed by atoms with van der Waals surface area (Å²) in [6.07, 6.45) is 0. The average Bonchev–Trinajstić information content (AvgIpc) is 2.77. The molecule has 0 aliphatic carbocycles. The van der Waals surface area contributed by atoms with Crippen LogP contribution in [0.5, 0.6) is 0 Å². The third-order valence-electron chi connectivity index (χ3n) is 4.72. The van der Waals surface area contributed by atoms with Crippen molar-refractivity contribution in [1.29, 1.82) is 0 Å². The van der Waals surface area contributed by atoms with Gasteiger partial charge in [-0.2, -0.15) is 0 Å². The first-order valence-electron chi connectivity index (χ1n) is 9.18. The van der Waals surface area contributed by atoms with E-state index >= 15 is 0 Å². The highest BCUT2D eigenvalue weighted by molar-refractivity contribution is 6.06. The highest BCUT2D eigenvalue weighted by Crippen LogP contribution is 2.21. The maximum absolute atomic E-state index is 10.9. The highest BCUT2D eigenvalue weighted by atomic mass is 16.4. The van der Waals surface area contributed by atoms with Crippen LogP contribution in [0.2, 0.25) is 0 Å². The number of benzene rings is 4. The van der Waals surface area contributed by atoms with Crippen LogP contribution >= 0.6 is 0 Å². The molecule has 0 aliphatic rings. The van der Waals surface area contributed by atoms with Crippen molar-refractivity contribution in [3.05, 3.63) is 95.1 Å². The van der Waals surface area contributed by atoms with Crippen LogP contribution in [0.25, 0.3) is 21.5 Å². The summed E-state index contributed by atoms with van der Waals surface area (Å²) < 4.78 is 0. The molecule has 0 fully saturated rings. The molecular formula is C24H16O8. The average molecular weight is 432 g/mol. The van der Waals surface area contributed by atoms with Gasteiger partial charge in [0.25, 0.3) is 0 Å². The standard InChI is InChI=1S/2C12H8O4/c13-11(14)8-4-5-9-7(6-8)2-1-3-10(9)12(15)16;13-11(14)8-5-4-7-2-1-3-9(12(15)16)10(7)6-8/h2*1-6H,(H,13,14)(H,15,16). The Hall–Kier alpha value is -4.72. The quantitative estimate of drug-likeness (QED) is 0.369. The third kappa shape index (κ3) is 4.54. The summed E-state index contributed by atoms with van der Waals surface area (Å²) >= 11 is 0. The Morgan fingerprint density at radius 1 is 0.469 bits per heavy atom. The SMILES string of the molecule is O=C(O)c1ccc2c(C(=O)O)cccc2c1.O=C(O)c1ccc2cccc(C(=O)O)c2c1. The van der Waals surface area contributed by atoms with E-state index in [0.717, 1.165) is 0 Å². The fraction of sp³-hybridized carbons (Fsp3) is 0. The lowest BCUT2D eigenvalue weighted by molar-refractivity contribution is 0.0685. The van der Waals surface area contributed by atoms with E-state index in [0.29, 0.717) is 21.5 Å². The zero-order chi connectivity index (χ0) is 23.4. The molecule has 0 heterocycles. The molecular weight excluding hydrogens is 416 g/mol. The van der Waals surface area contributed by atoms with Gasteiger partial charge in [0, 0.05) is 0 Å². The third-order valence-corrected chi connectivity index (χ3v) is 4.72. The molecule has 4 N–H and O–H groups in total. The van der Waals surface area contributed by atoms with Crippen molar-refractivity contribution in [2.24, 2.45) is 0 Å². The number of carbonyl (C=O) groups is 4. The lowest BCUT2D eigenvalue weighted by atomic mass is 10.0. The van der Waals surface area contributed by atoms with Crippen molar-refractivity contribution >= 4 is 45.4 Å². The van der Waals surface area contributed by atoms with E-state index in [1.54, 1.807) is 30.3 Å². The summed E-state index contributed by atoms with van der Waals surface area (Å²) in [6, 6.07) is 18.4. The summed E-state index contributed by atoms with van der Waals surface area (Å²) in [5.41, 5.74) is 0.520. The van der Waals surface area contributed by atoms with Gasteiger partial charge in [-0.1, -0.05) is 36.4 Å². The Bertz CT molecular complexity index is 1390. The van der Waals surface area contributed by atoms with E-state index in [4.69, 9.17) is 20.4 Å². The van der Waals surface area contributed by atoms with Gasteiger partial charge in [0.15, 0.2) is 0 Å². The summed E-state index contributed by atoms with van der Waals surface area (Å²) in [5.74, 6) is -4.17. The minimum atomic E-state index is -1.07. The number of aromatic carboxylic acids is 4. The van der Waals surface area contributed by atoms with Crippen LogP contribution in [0.1, 0.15) is 41.4 Å². The smallest absolute Gasteiger partial charge is 0.336 e. The number of carboxylic acids is 4. The maximum atomic E-state index is 10.9. The molecule has 0 saturated carbocycles. The molecule has 0 saturated heterocycles. The molecule has 0 bridgehead atoms. The van der Waals surface area contributed by atoms with E-state index in [-0.39, 0.29) is 22.3 Å². The molecule has 0 amide bonds. The van der Waals surface area contributed by atoms with Gasteiger partial charge in [0.05, 0.1) is 22.3 Å². The van der Waals surface area contributed by atoms with Gasteiger partial charge in [-0.3, -0.25) is 0 Å². The first kappa shape index (κ1) is 22.0. The summed E-state index contributed by atoms with van der Waals surface area (Å²) in [7, 11) is 0. The molecule has 4 rings (SSSR count).